The van der Waals surface area contributed by atoms with E-state index < -0.39 is 0 Å². The molecular formula is C9H10N4. The molecule has 0 fully saturated rings. The van der Waals surface area contributed by atoms with E-state index in [4.69, 9.17) is 0 Å². The summed E-state index contributed by atoms with van der Waals surface area (Å²) in [6.07, 6.45) is 3.56. The summed E-state index contributed by atoms with van der Waals surface area (Å²) in [5, 5.41) is 9.84. The first-order valence-corrected chi connectivity index (χ1v) is 4.09. The Morgan fingerprint density at radius 2 is 2.31 bits per heavy atom. The first-order valence-electron chi connectivity index (χ1n) is 4.09. The van der Waals surface area contributed by atoms with Gasteiger partial charge < -0.3 is 5.32 Å². The topological polar surface area (TPSA) is 53.6 Å². The summed E-state index contributed by atoms with van der Waals surface area (Å²) >= 11 is 0. The Bertz CT molecular complexity index is 341. The van der Waals surface area contributed by atoms with Crippen molar-refractivity contribution in [1.82, 2.24) is 15.2 Å². The van der Waals surface area contributed by atoms with Gasteiger partial charge in [-0.25, -0.2) is 0 Å². The highest BCUT2D eigenvalue weighted by molar-refractivity contribution is 5.32. The minimum atomic E-state index is 0.700. The first kappa shape index (κ1) is 7.79. The van der Waals surface area contributed by atoms with Gasteiger partial charge >= 0.3 is 0 Å². The molecule has 0 atom stereocenters. The molecule has 2 aromatic rings. The van der Waals surface area contributed by atoms with Crippen LogP contribution in [-0.4, -0.2) is 15.2 Å². The van der Waals surface area contributed by atoms with Gasteiger partial charge in [0, 0.05) is 12.4 Å². The van der Waals surface area contributed by atoms with Crippen molar-refractivity contribution in [1.29, 1.82) is 0 Å². The number of H-pyrrole nitrogens is 1. The maximum atomic E-state index is 4.18. The quantitative estimate of drug-likeness (QED) is 0.739. The largest absolute Gasteiger partial charge is 0.363 e. The van der Waals surface area contributed by atoms with E-state index >= 15 is 0 Å². The van der Waals surface area contributed by atoms with Crippen LogP contribution in [0.5, 0.6) is 0 Å². The monoisotopic (exact) mass is 174 g/mol. The first-order chi connectivity index (χ1) is 6.45. The number of aromatic amines is 1. The van der Waals surface area contributed by atoms with Crippen molar-refractivity contribution in [3.63, 3.8) is 0 Å². The lowest BCUT2D eigenvalue weighted by atomic mass is 10.3. The molecule has 0 spiro atoms. The van der Waals surface area contributed by atoms with Crippen molar-refractivity contribution >= 4 is 5.82 Å². The lowest BCUT2D eigenvalue weighted by Crippen LogP contribution is -2.01. The SMILES string of the molecule is c1ccc(CNc2cc[nH]n2)nc1. The van der Waals surface area contributed by atoms with Crippen LogP contribution in [0.15, 0.2) is 36.7 Å². The number of nitrogens with zero attached hydrogens (tertiary/aromatic N) is 2. The van der Waals surface area contributed by atoms with Crippen molar-refractivity contribution < 1.29 is 0 Å². The van der Waals surface area contributed by atoms with Gasteiger partial charge in [-0.1, -0.05) is 6.07 Å². The zero-order chi connectivity index (χ0) is 8.93. The van der Waals surface area contributed by atoms with Gasteiger partial charge in [0.15, 0.2) is 0 Å². The predicted molar refractivity (Wildman–Crippen MR) is 50.2 cm³/mol. The second-order valence-electron chi connectivity index (χ2n) is 2.63. The average molecular weight is 174 g/mol. The number of rotatable bonds is 3. The maximum Gasteiger partial charge on any atom is 0.148 e. The van der Waals surface area contributed by atoms with Gasteiger partial charge in [0.2, 0.25) is 0 Å². The van der Waals surface area contributed by atoms with Crippen LogP contribution in [-0.2, 0) is 6.54 Å². The van der Waals surface area contributed by atoms with Crippen molar-refractivity contribution in [2.45, 2.75) is 6.54 Å². The minimum absolute atomic E-state index is 0.700. The number of aromatic nitrogens is 3. The fraction of sp³-hybridized carbons (Fsp3) is 0.111. The molecule has 0 saturated heterocycles. The van der Waals surface area contributed by atoms with E-state index in [9.17, 15) is 0 Å². The lowest BCUT2D eigenvalue weighted by Gasteiger charge is -2.00. The van der Waals surface area contributed by atoms with E-state index in [1.54, 1.807) is 12.4 Å². The summed E-state index contributed by atoms with van der Waals surface area (Å²) in [7, 11) is 0. The Labute approximate surface area is 76.0 Å². The van der Waals surface area contributed by atoms with Gasteiger partial charge in [0.25, 0.3) is 0 Å². The van der Waals surface area contributed by atoms with Crippen molar-refractivity contribution in [3.05, 3.63) is 42.4 Å². The Morgan fingerprint density at radius 3 is 3.00 bits per heavy atom. The molecule has 0 radical (unpaired) electrons. The van der Waals surface area contributed by atoms with Crippen molar-refractivity contribution in [2.24, 2.45) is 0 Å². The number of pyridine rings is 1. The molecule has 0 unspecified atom stereocenters. The van der Waals surface area contributed by atoms with Crippen LogP contribution >= 0.6 is 0 Å². The van der Waals surface area contributed by atoms with Crippen molar-refractivity contribution in [2.75, 3.05) is 5.32 Å². The smallest absolute Gasteiger partial charge is 0.148 e. The normalized spacial score (nSPS) is 9.85. The van der Waals surface area contributed by atoms with Gasteiger partial charge in [-0.2, -0.15) is 5.10 Å². The number of hydrogen-bond donors (Lipinski definition) is 2. The minimum Gasteiger partial charge on any atom is -0.363 e. The molecule has 2 N–H and O–H groups in total. The molecule has 0 bridgehead atoms. The molecule has 0 aromatic carbocycles. The Balaban J connectivity index is 1.94. The molecule has 13 heavy (non-hydrogen) atoms. The number of anilines is 1. The third kappa shape index (κ3) is 2.05. The van der Waals surface area contributed by atoms with E-state index in [1.807, 2.05) is 24.3 Å². The van der Waals surface area contributed by atoms with Crippen LogP contribution in [0.25, 0.3) is 0 Å². The highest BCUT2D eigenvalue weighted by Gasteiger charge is 1.94. The summed E-state index contributed by atoms with van der Waals surface area (Å²) in [4.78, 5) is 4.18. The van der Waals surface area contributed by atoms with Gasteiger partial charge in [0.1, 0.15) is 5.82 Å². The van der Waals surface area contributed by atoms with E-state index in [-0.39, 0.29) is 0 Å². The molecule has 0 aliphatic rings. The molecule has 0 aliphatic heterocycles. The van der Waals surface area contributed by atoms with Gasteiger partial charge in [0.05, 0.1) is 12.2 Å². The standard InChI is InChI=1S/C9H10N4/c1-2-5-10-8(3-1)7-11-9-4-6-12-13-9/h1-6H,7H2,(H2,11,12,13). The van der Waals surface area contributed by atoms with Gasteiger partial charge in [-0.15, -0.1) is 0 Å². The van der Waals surface area contributed by atoms with Gasteiger partial charge in [-0.3, -0.25) is 10.1 Å². The summed E-state index contributed by atoms with van der Waals surface area (Å²) < 4.78 is 0. The molecule has 2 heterocycles. The molecule has 66 valence electrons. The molecule has 4 nitrogen and oxygen atoms in total. The highest BCUT2D eigenvalue weighted by Crippen LogP contribution is 2.01. The maximum absolute atomic E-state index is 4.18. The Morgan fingerprint density at radius 1 is 1.31 bits per heavy atom. The molecule has 4 heteroatoms. The van der Waals surface area contributed by atoms with Crippen LogP contribution in [0.2, 0.25) is 0 Å². The number of hydrogen-bond acceptors (Lipinski definition) is 3. The van der Waals surface area contributed by atoms with E-state index in [0.717, 1.165) is 11.5 Å². The summed E-state index contributed by atoms with van der Waals surface area (Å²) in [6, 6.07) is 7.72. The number of nitrogens with one attached hydrogen (secondary N) is 2. The summed E-state index contributed by atoms with van der Waals surface area (Å²) in [5.41, 5.74) is 1.01. The van der Waals surface area contributed by atoms with Gasteiger partial charge in [-0.05, 0) is 18.2 Å². The van der Waals surface area contributed by atoms with Crippen LogP contribution < -0.4 is 5.32 Å². The van der Waals surface area contributed by atoms with E-state index in [2.05, 4.69) is 20.5 Å². The third-order valence-electron chi connectivity index (χ3n) is 1.68. The molecule has 2 aromatic heterocycles. The average Bonchev–Trinajstić information content (AvgIpc) is 2.69. The molecule has 0 saturated carbocycles. The molecule has 0 amide bonds. The molecule has 0 aliphatic carbocycles. The summed E-state index contributed by atoms with van der Waals surface area (Å²) in [6.45, 7) is 0.700. The second kappa shape index (κ2) is 3.71. The van der Waals surface area contributed by atoms with Crippen LogP contribution in [0.4, 0.5) is 5.82 Å². The fourth-order valence-corrected chi connectivity index (χ4v) is 1.04. The zero-order valence-electron chi connectivity index (χ0n) is 7.07. The third-order valence-corrected chi connectivity index (χ3v) is 1.68. The van der Waals surface area contributed by atoms with Crippen LogP contribution in [0.1, 0.15) is 5.69 Å². The Kier molecular flexibility index (Phi) is 2.22. The molecule has 2 rings (SSSR count). The predicted octanol–water partition coefficient (Wildman–Crippen LogP) is 1.42. The zero-order valence-corrected chi connectivity index (χ0v) is 7.07. The second-order valence-corrected chi connectivity index (χ2v) is 2.63. The van der Waals surface area contributed by atoms with E-state index in [0.29, 0.717) is 6.54 Å². The molecular weight excluding hydrogens is 164 g/mol. The lowest BCUT2D eigenvalue weighted by molar-refractivity contribution is 1.01. The summed E-state index contributed by atoms with van der Waals surface area (Å²) in [5.74, 6) is 0.839. The van der Waals surface area contributed by atoms with E-state index in [1.165, 1.54) is 0 Å². The van der Waals surface area contributed by atoms with Crippen LogP contribution in [0, 0.1) is 0 Å². The highest BCUT2D eigenvalue weighted by atomic mass is 15.2. The van der Waals surface area contributed by atoms with Crippen LogP contribution in [0.3, 0.4) is 0 Å². The Hall–Kier alpha value is -1.84. The van der Waals surface area contributed by atoms with Crippen molar-refractivity contribution in [3.8, 4) is 0 Å². The fourth-order valence-electron chi connectivity index (χ4n) is 1.04.